The van der Waals surface area contributed by atoms with Gasteiger partial charge in [-0.1, -0.05) is 46.3 Å². The van der Waals surface area contributed by atoms with E-state index in [1.165, 1.54) is 0 Å². The van der Waals surface area contributed by atoms with E-state index in [2.05, 4.69) is 15.9 Å². The Hall–Kier alpha value is -1.61. The van der Waals surface area contributed by atoms with Crippen molar-refractivity contribution in [1.29, 1.82) is 0 Å². The number of hydrogen-bond acceptors (Lipinski definition) is 2. The van der Waals surface area contributed by atoms with Crippen molar-refractivity contribution in [3.63, 3.8) is 0 Å². The summed E-state index contributed by atoms with van der Waals surface area (Å²) in [6, 6.07) is 13.7. The molecule has 0 fully saturated rings. The van der Waals surface area contributed by atoms with Gasteiger partial charge >= 0.3 is 0 Å². The van der Waals surface area contributed by atoms with Crippen LogP contribution in [-0.2, 0) is 11.4 Å². The lowest BCUT2D eigenvalue weighted by atomic mass is 9.90. The first kappa shape index (κ1) is 11.5. The molecular formula is C15H11BrO2. The van der Waals surface area contributed by atoms with E-state index in [0.717, 1.165) is 33.2 Å². The van der Waals surface area contributed by atoms with Gasteiger partial charge in [-0.25, -0.2) is 0 Å². The number of rotatable bonds is 1. The molecule has 2 aromatic carbocycles. The molecule has 0 aliphatic carbocycles. The van der Waals surface area contributed by atoms with Gasteiger partial charge in [0.25, 0.3) is 0 Å². The number of aldehydes is 1. The standard InChI is InChI=1S/C15H11BrO2/c16-11-5-6-13-14(8-17)12-4-2-1-3-10(12)9-18-15(13)7-11/h1-8,14H,9H2/t14-/m1/s1. The quantitative estimate of drug-likeness (QED) is 0.751. The monoisotopic (exact) mass is 302 g/mol. The van der Waals surface area contributed by atoms with Crippen LogP contribution in [-0.4, -0.2) is 6.29 Å². The van der Waals surface area contributed by atoms with Crippen molar-refractivity contribution in [2.24, 2.45) is 0 Å². The minimum absolute atomic E-state index is 0.244. The molecule has 0 radical (unpaired) electrons. The Balaban J connectivity index is 2.21. The van der Waals surface area contributed by atoms with Crippen LogP contribution in [0, 0.1) is 0 Å². The van der Waals surface area contributed by atoms with Gasteiger partial charge in [0.1, 0.15) is 18.6 Å². The SMILES string of the molecule is O=C[C@@H]1c2ccccc2COc2cc(Br)ccc21. The largest absolute Gasteiger partial charge is 0.489 e. The first-order chi connectivity index (χ1) is 8.79. The highest BCUT2D eigenvalue weighted by atomic mass is 79.9. The zero-order chi connectivity index (χ0) is 12.5. The molecular weight excluding hydrogens is 292 g/mol. The number of hydrogen-bond donors (Lipinski definition) is 0. The molecule has 2 aromatic rings. The zero-order valence-electron chi connectivity index (χ0n) is 9.60. The van der Waals surface area contributed by atoms with Crippen molar-refractivity contribution in [2.75, 3.05) is 0 Å². The van der Waals surface area contributed by atoms with Crippen LogP contribution in [0.15, 0.2) is 46.9 Å². The molecule has 0 bridgehead atoms. The highest BCUT2D eigenvalue weighted by Gasteiger charge is 2.23. The molecule has 1 aliphatic heterocycles. The van der Waals surface area contributed by atoms with Crippen LogP contribution < -0.4 is 4.74 Å². The Morgan fingerprint density at radius 1 is 1.17 bits per heavy atom. The first-order valence-electron chi connectivity index (χ1n) is 5.75. The highest BCUT2D eigenvalue weighted by molar-refractivity contribution is 9.10. The Labute approximate surface area is 114 Å². The molecule has 18 heavy (non-hydrogen) atoms. The number of carbonyl (C=O) groups is 1. The summed E-state index contributed by atoms with van der Waals surface area (Å²) < 4.78 is 6.75. The second kappa shape index (κ2) is 4.58. The van der Waals surface area contributed by atoms with E-state index < -0.39 is 0 Å². The topological polar surface area (TPSA) is 26.3 Å². The maximum atomic E-state index is 11.5. The van der Waals surface area contributed by atoms with Gasteiger partial charge < -0.3 is 9.53 Å². The smallest absolute Gasteiger partial charge is 0.132 e. The summed E-state index contributed by atoms with van der Waals surface area (Å²) in [5, 5.41) is 0. The summed E-state index contributed by atoms with van der Waals surface area (Å²) in [4.78, 5) is 11.5. The molecule has 3 heteroatoms. The fourth-order valence-corrected chi connectivity index (χ4v) is 2.67. The van der Waals surface area contributed by atoms with Crippen molar-refractivity contribution in [1.82, 2.24) is 0 Å². The van der Waals surface area contributed by atoms with Crippen LogP contribution in [0.3, 0.4) is 0 Å². The third-order valence-electron chi connectivity index (χ3n) is 3.22. The second-order valence-electron chi connectivity index (χ2n) is 4.28. The fraction of sp³-hybridized carbons (Fsp3) is 0.133. The van der Waals surface area contributed by atoms with Crippen LogP contribution in [0.2, 0.25) is 0 Å². The molecule has 0 saturated carbocycles. The van der Waals surface area contributed by atoms with Gasteiger partial charge in [-0.15, -0.1) is 0 Å². The number of benzene rings is 2. The molecule has 0 aromatic heterocycles. The molecule has 0 saturated heterocycles. The van der Waals surface area contributed by atoms with Crippen LogP contribution >= 0.6 is 15.9 Å². The van der Waals surface area contributed by atoms with Crippen molar-refractivity contribution in [2.45, 2.75) is 12.5 Å². The maximum absolute atomic E-state index is 11.5. The molecule has 0 N–H and O–H groups in total. The first-order valence-corrected chi connectivity index (χ1v) is 6.54. The minimum Gasteiger partial charge on any atom is -0.489 e. The molecule has 1 heterocycles. The maximum Gasteiger partial charge on any atom is 0.132 e. The van der Waals surface area contributed by atoms with Crippen molar-refractivity contribution in [3.8, 4) is 5.75 Å². The molecule has 1 atom stereocenters. The van der Waals surface area contributed by atoms with Crippen LogP contribution in [0.5, 0.6) is 5.75 Å². The van der Waals surface area contributed by atoms with Crippen molar-refractivity contribution >= 4 is 22.2 Å². The third kappa shape index (κ3) is 1.85. The van der Waals surface area contributed by atoms with Crippen LogP contribution in [0.4, 0.5) is 0 Å². The lowest BCUT2D eigenvalue weighted by Crippen LogP contribution is -2.03. The predicted molar refractivity (Wildman–Crippen MR) is 72.8 cm³/mol. The number of ether oxygens (including phenoxy) is 1. The van der Waals surface area contributed by atoms with Gasteiger partial charge in [-0.3, -0.25) is 0 Å². The summed E-state index contributed by atoms with van der Waals surface area (Å²) >= 11 is 3.42. The van der Waals surface area contributed by atoms with Gasteiger partial charge in [0.05, 0.1) is 5.92 Å². The average Bonchev–Trinajstić information content (AvgIpc) is 2.55. The Morgan fingerprint density at radius 2 is 2.00 bits per heavy atom. The van der Waals surface area contributed by atoms with Gasteiger partial charge in [-0.05, 0) is 23.3 Å². The molecule has 0 spiro atoms. The Morgan fingerprint density at radius 3 is 2.83 bits per heavy atom. The lowest BCUT2D eigenvalue weighted by Gasteiger charge is -2.12. The van der Waals surface area contributed by atoms with E-state index in [-0.39, 0.29) is 5.92 Å². The third-order valence-corrected chi connectivity index (χ3v) is 3.71. The molecule has 2 nitrogen and oxygen atoms in total. The normalized spacial score (nSPS) is 17.1. The van der Waals surface area contributed by atoms with E-state index in [4.69, 9.17) is 4.74 Å². The number of halogens is 1. The molecule has 3 rings (SSSR count). The van der Waals surface area contributed by atoms with Crippen molar-refractivity contribution < 1.29 is 9.53 Å². The average molecular weight is 303 g/mol. The molecule has 1 aliphatic rings. The summed E-state index contributed by atoms with van der Waals surface area (Å²) in [5.41, 5.74) is 3.04. The van der Waals surface area contributed by atoms with E-state index in [0.29, 0.717) is 6.61 Å². The minimum atomic E-state index is -0.244. The van der Waals surface area contributed by atoms with Gasteiger partial charge in [0.15, 0.2) is 0 Å². The predicted octanol–water partition coefficient (Wildman–Crippen LogP) is 3.67. The molecule has 0 amide bonds. The summed E-state index contributed by atoms with van der Waals surface area (Å²) in [5.74, 6) is 0.532. The van der Waals surface area contributed by atoms with Crippen LogP contribution in [0.1, 0.15) is 22.6 Å². The summed E-state index contributed by atoms with van der Waals surface area (Å²) in [6.45, 7) is 0.504. The van der Waals surface area contributed by atoms with Crippen LogP contribution in [0.25, 0.3) is 0 Å². The Bertz CT molecular complexity index is 607. The second-order valence-corrected chi connectivity index (χ2v) is 5.20. The highest BCUT2D eigenvalue weighted by Crippen LogP contribution is 2.37. The summed E-state index contributed by atoms with van der Waals surface area (Å²) in [7, 11) is 0. The van der Waals surface area contributed by atoms with Gasteiger partial charge in [-0.2, -0.15) is 0 Å². The van der Waals surface area contributed by atoms with E-state index >= 15 is 0 Å². The van der Waals surface area contributed by atoms with Gasteiger partial charge in [0.2, 0.25) is 0 Å². The van der Waals surface area contributed by atoms with Crippen molar-refractivity contribution in [3.05, 3.63) is 63.6 Å². The van der Waals surface area contributed by atoms with E-state index in [1.807, 2.05) is 42.5 Å². The van der Waals surface area contributed by atoms with E-state index in [9.17, 15) is 4.79 Å². The van der Waals surface area contributed by atoms with E-state index in [1.54, 1.807) is 0 Å². The summed E-state index contributed by atoms with van der Waals surface area (Å²) in [6.07, 6.45) is 0.986. The van der Waals surface area contributed by atoms with Gasteiger partial charge in [0, 0.05) is 10.0 Å². The number of carbonyl (C=O) groups excluding carboxylic acids is 1. The molecule has 90 valence electrons. The number of fused-ring (bicyclic) bond motifs is 2. The lowest BCUT2D eigenvalue weighted by molar-refractivity contribution is -0.108. The molecule has 0 unspecified atom stereocenters. The fourth-order valence-electron chi connectivity index (χ4n) is 2.33. The Kier molecular flexibility index (Phi) is 2.92. The zero-order valence-corrected chi connectivity index (χ0v) is 11.2.